The van der Waals surface area contributed by atoms with Crippen molar-refractivity contribution in [2.24, 2.45) is 12.8 Å². The van der Waals surface area contributed by atoms with E-state index in [1.807, 2.05) is 31.2 Å². The number of halogens is 1. The second-order valence-electron chi connectivity index (χ2n) is 9.34. The van der Waals surface area contributed by atoms with Crippen LogP contribution >= 0.6 is 0 Å². The number of fused-ring (bicyclic) bond motifs is 3. The van der Waals surface area contributed by atoms with Crippen molar-refractivity contribution < 1.29 is 4.39 Å². The number of anilines is 1. The van der Waals surface area contributed by atoms with Gasteiger partial charge in [-0.2, -0.15) is 5.26 Å². The Balaban J connectivity index is 1.62. The maximum Gasteiger partial charge on any atom is 0.333 e. The third-order valence-electron chi connectivity index (χ3n) is 6.99. The molecule has 0 atom stereocenters. The Morgan fingerprint density at radius 2 is 1.78 bits per heavy atom. The topological polar surface area (TPSA) is 92.9 Å². The molecule has 1 aliphatic heterocycles. The van der Waals surface area contributed by atoms with Crippen LogP contribution in [-0.4, -0.2) is 33.2 Å². The molecule has 0 radical (unpaired) electrons. The minimum Gasteiger partial charge on any atom is -0.367 e. The number of benzene rings is 3. The molecule has 7 nitrogen and oxygen atoms in total. The number of aromatic nitrogens is 3. The molecule has 2 N–H and O–H groups in total. The molecule has 1 fully saturated rings. The van der Waals surface area contributed by atoms with Crippen LogP contribution in [0.4, 0.5) is 10.1 Å². The molecule has 178 valence electrons. The minimum atomic E-state index is -0.298. The lowest BCUT2D eigenvalue weighted by Crippen LogP contribution is -2.56. The lowest BCUT2D eigenvalue weighted by molar-refractivity contribution is 0.519. The van der Waals surface area contributed by atoms with Crippen molar-refractivity contribution in [2.45, 2.75) is 13.0 Å². The molecule has 8 heteroatoms. The number of rotatable bonds is 3. The van der Waals surface area contributed by atoms with Gasteiger partial charge in [0.05, 0.1) is 39.7 Å². The Bertz CT molecular complexity index is 1770. The third-order valence-corrected chi connectivity index (χ3v) is 6.99. The fourth-order valence-electron chi connectivity index (χ4n) is 5.03. The summed E-state index contributed by atoms with van der Waals surface area (Å²) in [5, 5.41) is 10.7. The number of nitrogens with zero attached hydrogens (tertiary/aromatic N) is 5. The predicted molar refractivity (Wildman–Crippen MR) is 139 cm³/mol. The molecule has 0 amide bonds. The summed E-state index contributed by atoms with van der Waals surface area (Å²) in [7, 11) is 1.72. The van der Waals surface area contributed by atoms with Crippen LogP contribution in [0.15, 0.2) is 65.6 Å². The van der Waals surface area contributed by atoms with Crippen LogP contribution in [-0.2, 0) is 7.05 Å². The van der Waals surface area contributed by atoms with Gasteiger partial charge in [0.1, 0.15) is 11.9 Å². The summed E-state index contributed by atoms with van der Waals surface area (Å²) in [4.78, 5) is 20.2. The largest absolute Gasteiger partial charge is 0.367 e. The summed E-state index contributed by atoms with van der Waals surface area (Å²) in [5.41, 5.74) is 12.5. The molecule has 6 rings (SSSR count). The zero-order valence-corrected chi connectivity index (χ0v) is 19.9. The van der Waals surface area contributed by atoms with Gasteiger partial charge < -0.3 is 10.6 Å². The van der Waals surface area contributed by atoms with Crippen molar-refractivity contribution in [1.82, 2.24) is 14.1 Å². The summed E-state index contributed by atoms with van der Waals surface area (Å²) in [6.45, 7) is 3.34. The zero-order valence-electron chi connectivity index (χ0n) is 19.9. The molecule has 36 heavy (non-hydrogen) atoms. The van der Waals surface area contributed by atoms with Gasteiger partial charge in [-0.25, -0.2) is 9.18 Å². The average molecular weight is 479 g/mol. The van der Waals surface area contributed by atoms with Crippen molar-refractivity contribution in [3.63, 3.8) is 0 Å². The van der Waals surface area contributed by atoms with Gasteiger partial charge in [-0.1, -0.05) is 18.2 Å². The van der Waals surface area contributed by atoms with E-state index in [9.17, 15) is 14.4 Å². The molecule has 3 heterocycles. The summed E-state index contributed by atoms with van der Waals surface area (Å²) >= 11 is 0. The fraction of sp³-hybridized carbons (Fsp3) is 0.179. The first-order chi connectivity index (χ1) is 17.4. The van der Waals surface area contributed by atoms with E-state index in [-0.39, 0.29) is 17.5 Å². The molecule has 0 spiro atoms. The highest BCUT2D eigenvalue weighted by Gasteiger charge is 2.27. The van der Waals surface area contributed by atoms with Crippen LogP contribution in [0.25, 0.3) is 38.8 Å². The minimum absolute atomic E-state index is 0.103. The smallest absolute Gasteiger partial charge is 0.333 e. The quantitative estimate of drug-likeness (QED) is 0.423. The Kier molecular flexibility index (Phi) is 4.92. The van der Waals surface area contributed by atoms with Gasteiger partial charge in [-0.3, -0.25) is 14.1 Å². The lowest BCUT2D eigenvalue weighted by Gasteiger charge is -2.39. The molecule has 0 bridgehead atoms. The van der Waals surface area contributed by atoms with Crippen molar-refractivity contribution in [3.8, 4) is 22.9 Å². The van der Waals surface area contributed by atoms with Gasteiger partial charge in [0.2, 0.25) is 0 Å². The Morgan fingerprint density at radius 3 is 2.47 bits per heavy atom. The maximum absolute atomic E-state index is 13.6. The highest BCUT2D eigenvalue weighted by atomic mass is 19.1. The summed E-state index contributed by atoms with van der Waals surface area (Å²) < 4.78 is 16.7. The Hall–Kier alpha value is -4.48. The molecule has 3 aromatic carbocycles. The number of hydrogen-bond donors (Lipinski definition) is 1. The van der Waals surface area contributed by atoms with Gasteiger partial charge >= 0.3 is 5.69 Å². The van der Waals surface area contributed by atoms with Crippen molar-refractivity contribution >= 4 is 27.6 Å². The van der Waals surface area contributed by atoms with Crippen LogP contribution in [0, 0.1) is 24.1 Å². The highest BCUT2D eigenvalue weighted by Crippen LogP contribution is 2.33. The standard InChI is InChI=1S/C28H23FN6O/c1-16-9-25(34-14-21(31)15-34)19(12-30)11-24(16)35-27-22-10-18(17-3-6-20(29)7-4-17)5-8-23(22)32-13-26(27)33(2)28(35)36/h3-11,13,21H,14-15,31H2,1-2H3. The fourth-order valence-corrected chi connectivity index (χ4v) is 5.03. The molecule has 0 unspecified atom stereocenters. The first kappa shape index (κ1) is 22.0. The summed E-state index contributed by atoms with van der Waals surface area (Å²) in [5.74, 6) is -0.298. The van der Waals surface area contributed by atoms with Crippen molar-refractivity contribution in [3.05, 3.63) is 88.2 Å². The van der Waals surface area contributed by atoms with E-state index in [2.05, 4.69) is 16.0 Å². The number of pyridine rings is 1. The molecule has 2 aromatic heterocycles. The van der Waals surface area contributed by atoms with E-state index in [1.54, 1.807) is 40.6 Å². The average Bonchev–Trinajstić information content (AvgIpc) is 3.12. The van der Waals surface area contributed by atoms with Gasteiger partial charge in [0.15, 0.2) is 0 Å². The highest BCUT2D eigenvalue weighted by molar-refractivity contribution is 6.04. The molecule has 1 saturated heterocycles. The monoisotopic (exact) mass is 478 g/mol. The SMILES string of the molecule is Cc1cc(N2CC(N)C2)c(C#N)cc1-n1c(=O)n(C)c2cnc3ccc(-c4ccc(F)cc4)cc3c21. The molecule has 5 aromatic rings. The first-order valence-corrected chi connectivity index (χ1v) is 11.7. The van der Waals surface area contributed by atoms with Gasteiger partial charge in [-0.05, 0) is 60.0 Å². The molecule has 0 saturated carbocycles. The third kappa shape index (κ3) is 3.28. The number of nitrogens with two attached hydrogens (primary N) is 1. The second-order valence-corrected chi connectivity index (χ2v) is 9.34. The van der Waals surface area contributed by atoms with E-state index in [4.69, 9.17) is 5.73 Å². The van der Waals surface area contributed by atoms with E-state index in [0.29, 0.717) is 35.4 Å². The second kappa shape index (κ2) is 8.04. The molecular weight excluding hydrogens is 455 g/mol. The van der Waals surface area contributed by atoms with E-state index >= 15 is 0 Å². The molecular formula is C28H23FN6O. The van der Waals surface area contributed by atoms with Gasteiger partial charge in [0, 0.05) is 31.6 Å². The van der Waals surface area contributed by atoms with Crippen molar-refractivity contribution in [2.75, 3.05) is 18.0 Å². The van der Waals surface area contributed by atoms with E-state index in [0.717, 1.165) is 33.3 Å². The number of aryl methyl sites for hydroxylation is 2. The lowest BCUT2D eigenvalue weighted by atomic mass is 10.0. The van der Waals surface area contributed by atoms with Crippen LogP contribution in [0.3, 0.4) is 0 Å². The van der Waals surface area contributed by atoms with Gasteiger partial charge in [-0.15, -0.1) is 0 Å². The number of nitriles is 1. The Morgan fingerprint density at radius 1 is 1.06 bits per heavy atom. The first-order valence-electron chi connectivity index (χ1n) is 11.7. The number of hydrogen-bond acceptors (Lipinski definition) is 5. The van der Waals surface area contributed by atoms with E-state index < -0.39 is 0 Å². The van der Waals surface area contributed by atoms with Gasteiger partial charge in [0.25, 0.3) is 0 Å². The maximum atomic E-state index is 13.6. The van der Waals surface area contributed by atoms with Crippen LogP contribution in [0.5, 0.6) is 0 Å². The predicted octanol–water partition coefficient (Wildman–Crippen LogP) is 4.01. The van der Waals surface area contributed by atoms with Crippen LogP contribution in [0.2, 0.25) is 0 Å². The molecule has 0 aliphatic carbocycles. The summed E-state index contributed by atoms with van der Waals surface area (Å²) in [6, 6.07) is 18.3. The summed E-state index contributed by atoms with van der Waals surface area (Å²) in [6.07, 6.45) is 1.70. The number of imidazole rings is 1. The van der Waals surface area contributed by atoms with Crippen LogP contribution < -0.4 is 16.3 Å². The zero-order chi connectivity index (χ0) is 25.1. The van der Waals surface area contributed by atoms with Crippen LogP contribution in [0.1, 0.15) is 11.1 Å². The van der Waals surface area contributed by atoms with Crippen molar-refractivity contribution in [1.29, 1.82) is 5.26 Å². The van der Waals surface area contributed by atoms with E-state index in [1.165, 1.54) is 12.1 Å². The Labute approximate surface area is 206 Å². The normalized spacial score (nSPS) is 13.8. The molecule has 1 aliphatic rings.